The van der Waals surface area contributed by atoms with Crippen LogP contribution in [0.2, 0.25) is 0 Å². The van der Waals surface area contributed by atoms with Crippen molar-refractivity contribution in [3.8, 4) is 0 Å². The molecule has 0 fully saturated rings. The first-order valence-electron chi connectivity index (χ1n) is 7.58. The van der Waals surface area contributed by atoms with Crippen LogP contribution in [-0.2, 0) is 17.6 Å². The summed E-state index contributed by atoms with van der Waals surface area (Å²) in [6.07, 6.45) is 4.43. The van der Waals surface area contributed by atoms with Gasteiger partial charge in [-0.15, -0.1) is 0 Å². The van der Waals surface area contributed by atoms with Gasteiger partial charge in [0.25, 0.3) is 0 Å². The summed E-state index contributed by atoms with van der Waals surface area (Å²) in [7, 11) is 1.83. The van der Waals surface area contributed by atoms with E-state index in [0.717, 1.165) is 24.2 Å². The lowest BCUT2D eigenvalue weighted by Crippen LogP contribution is -2.35. The molecule has 1 amide bonds. The second kappa shape index (κ2) is 7.78. The van der Waals surface area contributed by atoms with Gasteiger partial charge in [-0.05, 0) is 49.6 Å². The normalized spacial score (nSPS) is 12.1. The number of furan rings is 1. The quantitative estimate of drug-likeness (QED) is 0.779. The maximum Gasteiger partial charge on any atom is 0.222 e. The highest BCUT2D eigenvalue weighted by Crippen LogP contribution is 2.12. The average Bonchev–Trinajstić information content (AvgIpc) is 3.04. The van der Waals surface area contributed by atoms with Crippen molar-refractivity contribution in [2.24, 2.45) is 0 Å². The van der Waals surface area contributed by atoms with Gasteiger partial charge >= 0.3 is 0 Å². The van der Waals surface area contributed by atoms with Crippen LogP contribution in [0.5, 0.6) is 0 Å². The fraction of sp³-hybridized carbons (Fsp3) is 0.389. The summed E-state index contributed by atoms with van der Waals surface area (Å²) in [6, 6.07) is 10.3. The summed E-state index contributed by atoms with van der Waals surface area (Å²) < 4.78 is 18.1. The minimum Gasteiger partial charge on any atom is -0.469 e. The molecule has 0 aliphatic carbocycles. The zero-order valence-corrected chi connectivity index (χ0v) is 13.1. The Morgan fingerprint density at radius 3 is 2.59 bits per heavy atom. The van der Waals surface area contributed by atoms with Crippen molar-refractivity contribution in [1.82, 2.24) is 4.90 Å². The van der Waals surface area contributed by atoms with Crippen LogP contribution in [0.3, 0.4) is 0 Å². The van der Waals surface area contributed by atoms with Gasteiger partial charge in [0.15, 0.2) is 0 Å². The Kier molecular flexibility index (Phi) is 5.75. The number of aryl methyl sites for hydroxylation is 2. The van der Waals surface area contributed by atoms with Crippen molar-refractivity contribution in [1.29, 1.82) is 0 Å². The molecule has 0 N–H and O–H groups in total. The first kappa shape index (κ1) is 16.3. The van der Waals surface area contributed by atoms with E-state index in [1.54, 1.807) is 23.3 Å². The minimum atomic E-state index is -0.251. The lowest BCUT2D eigenvalue weighted by molar-refractivity contribution is -0.131. The van der Waals surface area contributed by atoms with Crippen LogP contribution < -0.4 is 0 Å². The van der Waals surface area contributed by atoms with E-state index in [1.807, 2.05) is 26.1 Å². The Labute approximate surface area is 130 Å². The number of carbonyl (C=O) groups excluding carboxylic acids is 1. The lowest BCUT2D eigenvalue weighted by Gasteiger charge is -2.25. The molecule has 0 aliphatic rings. The summed E-state index contributed by atoms with van der Waals surface area (Å²) >= 11 is 0. The van der Waals surface area contributed by atoms with Gasteiger partial charge in [0.2, 0.25) is 5.91 Å². The second-order valence-electron chi connectivity index (χ2n) is 5.60. The fourth-order valence-corrected chi connectivity index (χ4v) is 2.32. The summed E-state index contributed by atoms with van der Waals surface area (Å²) in [6.45, 7) is 2.04. The molecule has 1 aromatic carbocycles. The van der Waals surface area contributed by atoms with Crippen LogP contribution in [0.4, 0.5) is 4.39 Å². The Balaban J connectivity index is 1.76. The second-order valence-corrected chi connectivity index (χ2v) is 5.60. The van der Waals surface area contributed by atoms with E-state index in [2.05, 4.69) is 0 Å². The molecule has 1 aromatic heterocycles. The Bertz CT molecular complexity index is 578. The van der Waals surface area contributed by atoms with Crippen molar-refractivity contribution in [3.05, 3.63) is 59.8 Å². The summed E-state index contributed by atoms with van der Waals surface area (Å²) in [5.41, 5.74) is 0.978. The number of hydrogen-bond donors (Lipinski definition) is 0. The third-order valence-corrected chi connectivity index (χ3v) is 3.98. The largest absolute Gasteiger partial charge is 0.469 e. The van der Waals surface area contributed by atoms with Crippen LogP contribution in [-0.4, -0.2) is 23.9 Å². The Morgan fingerprint density at radius 2 is 1.95 bits per heavy atom. The standard InChI is InChI=1S/C18H22FNO2/c1-14(5-11-17-4-3-13-22-17)20(2)18(21)12-8-15-6-9-16(19)10-7-15/h3-4,6-7,9-10,13-14H,5,8,11-12H2,1-2H3/t14-/m1/s1. The molecule has 118 valence electrons. The number of nitrogens with zero attached hydrogens (tertiary/aromatic N) is 1. The predicted molar refractivity (Wildman–Crippen MR) is 84.0 cm³/mol. The molecule has 1 atom stereocenters. The van der Waals surface area contributed by atoms with Gasteiger partial charge < -0.3 is 9.32 Å². The zero-order valence-electron chi connectivity index (χ0n) is 13.1. The summed E-state index contributed by atoms with van der Waals surface area (Å²) in [4.78, 5) is 14.0. The van der Waals surface area contributed by atoms with E-state index in [1.165, 1.54) is 12.1 Å². The van der Waals surface area contributed by atoms with Crippen molar-refractivity contribution >= 4 is 5.91 Å². The fourth-order valence-electron chi connectivity index (χ4n) is 2.32. The smallest absolute Gasteiger partial charge is 0.222 e. The Morgan fingerprint density at radius 1 is 1.23 bits per heavy atom. The van der Waals surface area contributed by atoms with E-state index in [-0.39, 0.29) is 17.8 Å². The summed E-state index contributed by atoms with van der Waals surface area (Å²) in [5.74, 6) is 0.800. The SMILES string of the molecule is C[C@H](CCc1ccco1)N(C)C(=O)CCc1ccc(F)cc1. The molecule has 0 aliphatic heterocycles. The van der Waals surface area contributed by atoms with Crippen LogP contribution in [0, 0.1) is 5.82 Å². The molecule has 2 rings (SSSR count). The van der Waals surface area contributed by atoms with Crippen molar-refractivity contribution in [3.63, 3.8) is 0 Å². The highest BCUT2D eigenvalue weighted by Gasteiger charge is 2.16. The number of hydrogen-bond acceptors (Lipinski definition) is 2. The zero-order chi connectivity index (χ0) is 15.9. The minimum absolute atomic E-state index is 0.108. The van der Waals surface area contributed by atoms with Gasteiger partial charge in [-0.25, -0.2) is 4.39 Å². The van der Waals surface area contributed by atoms with Crippen molar-refractivity contribution < 1.29 is 13.6 Å². The number of benzene rings is 1. The number of amides is 1. The molecule has 0 unspecified atom stereocenters. The molecule has 0 radical (unpaired) electrons. The molecular weight excluding hydrogens is 281 g/mol. The van der Waals surface area contributed by atoms with E-state index in [4.69, 9.17) is 4.42 Å². The average molecular weight is 303 g/mol. The highest BCUT2D eigenvalue weighted by atomic mass is 19.1. The number of rotatable bonds is 7. The maximum atomic E-state index is 12.8. The first-order valence-corrected chi connectivity index (χ1v) is 7.58. The van der Waals surface area contributed by atoms with Crippen LogP contribution in [0.15, 0.2) is 47.1 Å². The van der Waals surface area contributed by atoms with Crippen molar-refractivity contribution in [2.45, 2.75) is 38.6 Å². The molecule has 3 nitrogen and oxygen atoms in total. The van der Waals surface area contributed by atoms with Gasteiger partial charge in [-0.1, -0.05) is 12.1 Å². The molecule has 0 bridgehead atoms. The van der Waals surface area contributed by atoms with Gasteiger partial charge in [0.05, 0.1) is 6.26 Å². The summed E-state index contributed by atoms with van der Waals surface area (Å²) in [5, 5.41) is 0. The molecule has 2 aromatic rings. The molecule has 4 heteroatoms. The molecule has 0 spiro atoms. The third kappa shape index (κ3) is 4.72. The third-order valence-electron chi connectivity index (χ3n) is 3.98. The topological polar surface area (TPSA) is 33.5 Å². The first-order chi connectivity index (χ1) is 10.6. The van der Waals surface area contributed by atoms with Crippen LogP contribution in [0.1, 0.15) is 31.1 Å². The highest BCUT2D eigenvalue weighted by molar-refractivity contribution is 5.76. The maximum absolute atomic E-state index is 12.8. The van der Waals surface area contributed by atoms with Gasteiger partial charge in [-0.2, -0.15) is 0 Å². The van der Waals surface area contributed by atoms with E-state index in [9.17, 15) is 9.18 Å². The molecule has 0 saturated carbocycles. The molecule has 0 saturated heterocycles. The molecular formula is C18H22FNO2. The number of halogens is 1. The lowest BCUT2D eigenvalue weighted by atomic mass is 10.1. The van der Waals surface area contributed by atoms with E-state index >= 15 is 0 Å². The molecule has 22 heavy (non-hydrogen) atoms. The van der Waals surface area contributed by atoms with Crippen molar-refractivity contribution in [2.75, 3.05) is 7.05 Å². The van der Waals surface area contributed by atoms with Gasteiger partial charge in [0, 0.05) is 25.9 Å². The monoisotopic (exact) mass is 303 g/mol. The van der Waals surface area contributed by atoms with Crippen LogP contribution >= 0.6 is 0 Å². The van der Waals surface area contributed by atoms with E-state index in [0.29, 0.717) is 12.8 Å². The van der Waals surface area contributed by atoms with Gasteiger partial charge in [-0.3, -0.25) is 4.79 Å². The van der Waals surface area contributed by atoms with Gasteiger partial charge in [0.1, 0.15) is 11.6 Å². The number of carbonyl (C=O) groups is 1. The van der Waals surface area contributed by atoms with Crippen LogP contribution in [0.25, 0.3) is 0 Å². The molecule has 1 heterocycles. The predicted octanol–water partition coefficient (Wildman–Crippen LogP) is 3.83. The van der Waals surface area contributed by atoms with E-state index < -0.39 is 0 Å². The Hall–Kier alpha value is -2.10.